The van der Waals surface area contributed by atoms with Crippen LogP contribution < -0.4 is 10.6 Å². The summed E-state index contributed by atoms with van der Waals surface area (Å²) in [5, 5.41) is 18.5. The van der Waals surface area contributed by atoms with Gasteiger partial charge in [0.05, 0.1) is 0 Å². The van der Waals surface area contributed by atoms with Gasteiger partial charge in [-0.1, -0.05) is 42.5 Å². The molecule has 248 valence electrons. The minimum absolute atomic E-state index is 0.0230. The predicted octanol–water partition coefficient (Wildman–Crippen LogP) is 0.911. The Bertz CT molecular complexity index is 1670. The van der Waals surface area contributed by atoms with Crippen molar-refractivity contribution in [3.63, 3.8) is 0 Å². The second kappa shape index (κ2) is 10.6. The number of likely N-dealkylation sites (N-methyl/N-ethyl adjacent to an activating group) is 1. The van der Waals surface area contributed by atoms with Gasteiger partial charge in [-0.05, 0) is 61.6 Å². The Hall–Kier alpha value is -3.81. The fraction of sp³-hybridized carbons (Fsp3) is 0.514. The first-order valence-electron chi connectivity index (χ1n) is 16.4. The van der Waals surface area contributed by atoms with Gasteiger partial charge in [0.1, 0.15) is 18.2 Å². The van der Waals surface area contributed by atoms with Gasteiger partial charge in [0, 0.05) is 57.6 Å². The van der Waals surface area contributed by atoms with E-state index in [1.54, 1.807) is 12.0 Å². The summed E-state index contributed by atoms with van der Waals surface area (Å²) < 4.78 is 18.6. The summed E-state index contributed by atoms with van der Waals surface area (Å²) in [5.41, 5.74) is 1.67. The van der Waals surface area contributed by atoms with Crippen molar-refractivity contribution in [3.8, 4) is 0 Å². The van der Waals surface area contributed by atoms with E-state index in [9.17, 15) is 19.5 Å². The molecule has 1 aromatic rings. The van der Waals surface area contributed by atoms with E-state index >= 15 is 0 Å². The number of likely N-dealkylation sites (tertiary alicyclic amines) is 1. The highest BCUT2D eigenvalue weighted by Gasteiger charge is 2.71. The van der Waals surface area contributed by atoms with Crippen LogP contribution in [0.2, 0.25) is 0 Å². The van der Waals surface area contributed by atoms with E-state index in [-0.39, 0.29) is 30.8 Å². The lowest BCUT2D eigenvalue weighted by molar-refractivity contribution is -0.315. The molecule has 12 nitrogen and oxygen atoms in total. The number of hydrogen-bond donors (Lipinski definition) is 3. The van der Waals surface area contributed by atoms with Crippen LogP contribution in [0, 0.1) is 5.92 Å². The van der Waals surface area contributed by atoms with E-state index in [0.717, 1.165) is 28.8 Å². The average Bonchev–Trinajstić information content (AvgIpc) is 3.77. The van der Waals surface area contributed by atoms with Crippen molar-refractivity contribution in [3.05, 3.63) is 82.7 Å². The molecule has 0 spiro atoms. The van der Waals surface area contributed by atoms with Gasteiger partial charge < -0.3 is 30.1 Å². The molecule has 0 saturated carbocycles. The topological polar surface area (TPSA) is 133 Å². The number of allylic oxidation sites excluding steroid dienone is 4. The van der Waals surface area contributed by atoms with E-state index in [1.807, 2.05) is 43.5 Å². The number of nitrogens with one attached hydrogen (secondary N) is 2. The molecule has 47 heavy (non-hydrogen) atoms. The quantitative estimate of drug-likeness (QED) is 0.414. The minimum atomic E-state index is -2.12. The van der Waals surface area contributed by atoms with Crippen LogP contribution in [0.5, 0.6) is 0 Å². The Morgan fingerprint density at radius 2 is 2.00 bits per heavy atom. The van der Waals surface area contributed by atoms with E-state index in [2.05, 4.69) is 33.9 Å². The van der Waals surface area contributed by atoms with Gasteiger partial charge in [-0.3, -0.25) is 28.9 Å². The molecule has 0 bridgehead atoms. The van der Waals surface area contributed by atoms with Crippen LogP contribution in [0.4, 0.5) is 0 Å². The number of amides is 3. The standard InChI is InChI=1S/C35H41N5O7/c1-33(32(43)40-25(16-20-10-6-5-7-11-20)30(41)39-15-9-14-26(39)35(40,44)47-33)37-31(42)34(46-4)19-38(2)24-17-21-18-36-23-13-8-12-22(27(21)23)28(24)29(34)45-3/h5-8,10-13,18,24-27,29,36,44H,9,14-17,19H2,1-4H3,(H,37,42)/t24-,25?,26+,27?,29?,33?,34-,35?/m1/s1. The Morgan fingerprint density at radius 1 is 1.21 bits per heavy atom. The van der Waals surface area contributed by atoms with E-state index in [0.29, 0.717) is 19.4 Å². The lowest BCUT2D eigenvalue weighted by Gasteiger charge is -2.52. The third-order valence-electron chi connectivity index (χ3n) is 11.3. The molecular formula is C35H41N5O7. The molecule has 5 heterocycles. The number of carbonyl (C=O) groups is 3. The number of carbonyl (C=O) groups excluding carboxylic acids is 3. The molecule has 7 aliphatic rings. The molecule has 12 heteroatoms. The number of piperidine rings is 1. The summed E-state index contributed by atoms with van der Waals surface area (Å²) in [6.45, 7) is 2.08. The molecule has 4 fully saturated rings. The lowest BCUT2D eigenvalue weighted by Crippen LogP contribution is -2.71. The first-order chi connectivity index (χ1) is 22.6. The molecule has 2 aliphatic carbocycles. The van der Waals surface area contributed by atoms with E-state index in [1.165, 1.54) is 24.5 Å². The third-order valence-corrected chi connectivity index (χ3v) is 11.3. The van der Waals surface area contributed by atoms with Gasteiger partial charge in [0.25, 0.3) is 17.7 Å². The van der Waals surface area contributed by atoms with Crippen molar-refractivity contribution < 1.29 is 33.7 Å². The zero-order valence-electron chi connectivity index (χ0n) is 27.1. The SMILES string of the molecule is COC1C2=C3C=CC=C4NC=C(C[C@H]2N(C)C[C@]1(OC)C(=O)NC1(C)OC2(O)[C@@H]5CCCN5C(=O)C(Cc5ccccc5)N2C1=O)C43. The predicted molar refractivity (Wildman–Crippen MR) is 169 cm³/mol. The number of rotatable bonds is 6. The van der Waals surface area contributed by atoms with Gasteiger partial charge in [-0.25, -0.2) is 0 Å². The van der Waals surface area contributed by atoms with Crippen LogP contribution >= 0.6 is 0 Å². The first kappa shape index (κ1) is 30.5. The molecule has 5 unspecified atom stereocenters. The highest BCUT2D eigenvalue weighted by molar-refractivity contribution is 5.98. The number of ether oxygens (including phenoxy) is 3. The van der Waals surface area contributed by atoms with Crippen molar-refractivity contribution in [2.75, 3.05) is 34.4 Å². The number of methoxy groups -OCH3 is 2. The van der Waals surface area contributed by atoms with Crippen LogP contribution in [0.25, 0.3) is 0 Å². The Balaban J connectivity index is 1.15. The summed E-state index contributed by atoms with van der Waals surface area (Å²) >= 11 is 0. The number of nitrogens with zero attached hydrogens (tertiary/aromatic N) is 3. The number of fused-ring (bicyclic) bond motifs is 4. The maximum Gasteiger partial charge on any atom is 0.280 e. The van der Waals surface area contributed by atoms with Crippen molar-refractivity contribution in [2.45, 2.75) is 74.1 Å². The molecule has 5 aliphatic heterocycles. The van der Waals surface area contributed by atoms with Gasteiger partial charge in [-0.2, -0.15) is 0 Å². The van der Waals surface area contributed by atoms with E-state index < -0.39 is 47.2 Å². The highest BCUT2D eigenvalue weighted by atomic mass is 16.7. The Labute approximate surface area is 273 Å². The van der Waals surface area contributed by atoms with Gasteiger partial charge >= 0.3 is 0 Å². The molecule has 0 radical (unpaired) electrons. The third kappa shape index (κ3) is 4.15. The van der Waals surface area contributed by atoms with Crippen LogP contribution in [0.3, 0.4) is 0 Å². The second-order valence-corrected chi connectivity index (χ2v) is 13.9. The van der Waals surface area contributed by atoms with Crippen LogP contribution in [0.1, 0.15) is 31.7 Å². The maximum atomic E-state index is 14.7. The average molecular weight is 644 g/mol. The minimum Gasteiger partial charge on any atom is -0.373 e. The molecule has 4 saturated heterocycles. The second-order valence-electron chi connectivity index (χ2n) is 13.9. The van der Waals surface area contributed by atoms with Gasteiger partial charge in [-0.15, -0.1) is 0 Å². The van der Waals surface area contributed by atoms with Crippen molar-refractivity contribution in [1.29, 1.82) is 0 Å². The molecule has 8 atom stereocenters. The summed E-state index contributed by atoms with van der Waals surface area (Å²) in [5.74, 6) is -3.60. The molecular weight excluding hydrogens is 602 g/mol. The van der Waals surface area contributed by atoms with Crippen LogP contribution in [-0.2, 0) is 35.0 Å². The summed E-state index contributed by atoms with van der Waals surface area (Å²) in [4.78, 5) is 47.9. The monoisotopic (exact) mass is 643 g/mol. The number of hydrogen-bond acceptors (Lipinski definition) is 9. The number of benzene rings is 1. The molecule has 8 rings (SSSR count). The largest absolute Gasteiger partial charge is 0.373 e. The Morgan fingerprint density at radius 3 is 2.74 bits per heavy atom. The molecule has 3 amide bonds. The van der Waals surface area contributed by atoms with Crippen molar-refractivity contribution in [2.24, 2.45) is 5.92 Å². The molecule has 1 aromatic carbocycles. The zero-order valence-corrected chi connectivity index (χ0v) is 27.1. The summed E-state index contributed by atoms with van der Waals surface area (Å²) in [6, 6.07) is 7.58. The molecule has 0 aromatic heterocycles. The van der Waals surface area contributed by atoms with Gasteiger partial charge in [0.15, 0.2) is 5.60 Å². The fourth-order valence-electron chi connectivity index (χ4n) is 9.18. The first-order valence-corrected chi connectivity index (χ1v) is 16.4. The fourth-order valence-corrected chi connectivity index (χ4v) is 9.18. The highest BCUT2D eigenvalue weighted by Crippen LogP contribution is 2.50. The number of piperazine rings is 1. The Kier molecular flexibility index (Phi) is 6.88. The summed E-state index contributed by atoms with van der Waals surface area (Å²) in [7, 11) is 5.00. The lowest BCUT2D eigenvalue weighted by atomic mass is 9.68. The summed E-state index contributed by atoms with van der Waals surface area (Å²) in [6.07, 6.45) is 9.53. The number of aliphatic hydroxyl groups is 1. The van der Waals surface area contributed by atoms with E-state index in [4.69, 9.17) is 14.2 Å². The smallest absolute Gasteiger partial charge is 0.280 e. The van der Waals surface area contributed by atoms with Crippen molar-refractivity contribution >= 4 is 17.7 Å². The maximum absolute atomic E-state index is 14.7. The van der Waals surface area contributed by atoms with Crippen LogP contribution in [-0.4, -0.2) is 113 Å². The zero-order chi connectivity index (χ0) is 32.9. The molecule has 3 N–H and O–H groups in total. The van der Waals surface area contributed by atoms with Crippen LogP contribution in [0.15, 0.2) is 77.2 Å². The van der Waals surface area contributed by atoms with Gasteiger partial charge in [0.2, 0.25) is 11.6 Å². The van der Waals surface area contributed by atoms with Crippen molar-refractivity contribution in [1.82, 2.24) is 25.3 Å². The normalized spacial score (nSPS) is 38.8.